The molecule has 21 heavy (non-hydrogen) atoms. The first-order valence-corrected chi connectivity index (χ1v) is 7.92. The highest BCUT2D eigenvalue weighted by Crippen LogP contribution is 2.40. The third kappa shape index (κ3) is 3.71. The summed E-state index contributed by atoms with van der Waals surface area (Å²) in [7, 11) is 2.42. The monoisotopic (exact) mass is 319 g/mol. The summed E-state index contributed by atoms with van der Waals surface area (Å²) in [5.74, 6) is -1.86. The largest absolute Gasteiger partial charge is 0.478 e. The van der Waals surface area contributed by atoms with Crippen LogP contribution in [-0.2, 0) is 0 Å². The van der Waals surface area contributed by atoms with Crippen molar-refractivity contribution in [1.29, 1.82) is 0 Å². The summed E-state index contributed by atoms with van der Waals surface area (Å²) in [5.41, 5.74) is 0.394. The van der Waals surface area contributed by atoms with E-state index >= 15 is 0 Å². The van der Waals surface area contributed by atoms with Gasteiger partial charge in [-0.2, -0.15) is 0 Å². The number of hydrogen-bond donors (Lipinski definition) is 1. The molecule has 0 fully saturated rings. The van der Waals surface area contributed by atoms with Crippen molar-refractivity contribution in [2.75, 3.05) is 0 Å². The second-order valence-corrected chi connectivity index (χ2v) is 6.07. The zero-order chi connectivity index (χ0) is 15.2. The number of aromatic carboxylic acids is 1. The number of carbonyl (C=O) groups excluding carboxylic acids is 1. The van der Waals surface area contributed by atoms with Crippen LogP contribution in [0, 0.1) is 4.91 Å². The Morgan fingerprint density at radius 3 is 1.86 bits per heavy atom. The smallest absolute Gasteiger partial charge is 0.336 e. The average molecular weight is 319 g/mol. The van der Waals surface area contributed by atoms with Crippen molar-refractivity contribution in [3.05, 3.63) is 64.6 Å². The SMILES string of the molecule is O=NC(=O)c1ccccc1SSc1ccccc1C(=O)O. The molecule has 0 heterocycles. The molecule has 5 nitrogen and oxygen atoms in total. The molecule has 0 bridgehead atoms. The van der Waals surface area contributed by atoms with Crippen LogP contribution in [0.2, 0.25) is 0 Å². The van der Waals surface area contributed by atoms with Gasteiger partial charge in [0.05, 0.1) is 11.1 Å². The molecule has 7 heteroatoms. The molecule has 0 spiro atoms. The predicted molar refractivity (Wildman–Crippen MR) is 81.7 cm³/mol. The molecule has 0 unspecified atom stereocenters. The van der Waals surface area contributed by atoms with Gasteiger partial charge in [-0.25, -0.2) is 4.79 Å². The first kappa shape index (κ1) is 15.3. The van der Waals surface area contributed by atoms with Gasteiger partial charge >= 0.3 is 11.9 Å². The fraction of sp³-hybridized carbons (Fsp3) is 0. The van der Waals surface area contributed by atoms with Crippen molar-refractivity contribution in [3.8, 4) is 0 Å². The fourth-order valence-corrected chi connectivity index (χ4v) is 3.92. The van der Waals surface area contributed by atoms with E-state index in [1.807, 2.05) is 0 Å². The van der Waals surface area contributed by atoms with Crippen molar-refractivity contribution in [1.82, 2.24) is 0 Å². The van der Waals surface area contributed by atoms with E-state index in [-0.39, 0.29) is 11.1 Å². The van der Waals surface area contributed by atoms with Gasteiger partial charge in [0.2, 0.25) is 0 Å². The van der Waals surface area contributed by atoms with Gasteiger partial charge in [0.25, 0.3) is 0 Å². The van der Waals surface area contributed by atoms with E-state index < -0.39 is 11.9 Å². The van der Waals surface area contributed by atoms with Crippen molar-refractivity contribution in [2.24, 2.45) is 5.18 Å². The number of carboxylic acid groups (broad SMARTS) is 1. The van der Waals surface area contributed by atoms with Crippen LogP contribution >= 0.6 is 21.6 Å². The van der Waals surface area contributed by atoms with Gasteiger partial charge in [-0.15, -0.1) is 4.91 Å². The number of benzene rings is 2. The number of nitroso groups, excluding NO2 is 1. The van der Waals surface area contributed by atoms with Crippen molar-refractivity contribution in [2.45, 2.75) is 9.79 Å². The van der Waals surface area contributed by atoms with Gasteiger partial charge < -0.3 is 5.11 Å². The van der Waals surface area contributed by atoms with Gasteiger partial charge in [0.15, 0.2) is 0 Å². The number of carboxylic acids is 1. The Bertz CT molecular complexity index is 703. The van der Waals surface area contributed by atoms with Gasteiger partial charge in [0.1, 0.15) is 0 Å². The molecular formula is C14H9NO4S2. The van der Waals surface area contributed by atoms with E-state index in [2.05, 4.69) is 5.18 Å². The Morgan fingerprint density at radius 2 is 1.33 bits per heavy atom. The zero-order valence-electron chi connectivity index (χ0n) is 10.6. The van der Waals surface area contributed by atoms with Crippen LogP contribution < -0.4 is 0 Å². The van der Waals surface area contributed by atoms with E-state index in [9.17, 15) is 14.5 Å². The van der Waals surface area contributed by atoms with Crippen molar-refractivity contribution < 1.29 is 14.7 Å². The summed E-state index contributed by atoms with van der Waals surface area (Å²) in [6, 6.07) is 13.1. The lowest BCUT2D eigenvalue weighted by molar-refractivity contribution is 0.0693. The number of amides is 1. The Hall–Kier alpha value is -2.12. The van der Waals surface area contributed by atoms with Crippen molar-refractivity contribution in [3.63, 3.8) is 0 Å². The number of nitrogens with zero attached hydrogens (tertiary/aromatic N) is 1. The molecule has 0 aromatic heterocycles. The Morgan fingerprint density at radius 1 is 0.857 bits per heavy atom. The van der Waals surface area contributed by atoms with Gasteiger partial charge in [-0.3, -0.25) is 4.79 Å². The second kappa shape index (κ2) is 7.05. The summed E-state index contributed by atoms with van der Waals surface area (Å²) >= 11 is 0. The molecule has 0 aliphatic heterocycles. The Labute approximate surface area is 128 Å². The third-order valence-corrected chi connectivity index (χ3v) is 5.02. The van der Waals surface area contributed by atoms with Crippen molar-refractivity contribution >= 4 is 33.5 Å². The third-order valence-electron chi connectivity index (χ3n) is 2.54. The lowest BCUT2D eigenvalue weighted by Crippen LogP contribution is -1.98. The van der Waals surface area contributed by atoms with E-state index in [4.69, 9.17) is 5.11 Å². The van der Waals surface area contributed by atoms with Crippen LogP contribution in [0.1, 0.15) is 20.7 Å². The van der Waals surface area contributed by atoms with Crippen LogP contribution in [0.5, 0.6) is 0 Å². The van der Waals surface area contributed by atoms with E-state index in [1.54, 1.807) is 36.4 Å². The van der Waals surface area contributed by atoms with Crippen LogP contribution in [-0.4, -0.2) is 17.0 Å². The zero-order valence-corrected chi connectivity index (χ0v) is 12.2. The maximum atomic E-state index is 11.4. The topological polar surface area (TPSA) is 83.8 Å². The molecule has 2 rings (SSSR count). The van der Waals surface area contributed by atoms with E-state index in [0.29, 0.717) is 9.79 Å². The first-order valence-electron chi connectivity index (χ1n) is 5.77. The molecule has 0 saturated heterocycles. The summed E-state index contributed by atoms with van der Waals surface area (Å²) in [6.07, 6.45) is 0. The lowest BCUT2D eigenvalue weighted by atomic mass is 10.2. The summed E-state index contributed by atoms with van der Waals surface area (Å²) in [4.78, 5) is 34.1. The van der Waals surface area contributed by atoms with Crippen LogP contribution in [0.15, 0.2) is 63.5 Å². The highest BCUT2D eigenvalue weighted by Gasteiger charge is 2.14. The molecule has 0 radical (unpaired) electrons. The molecule has 2 aromatic rings. The Kier molecular flexibility index (Phi) is 5.13. The lowest BCUT2D eigenvalue weighted by Gasteiger charge is -2.06. The number of rotatable bonds is 5. The van der Waals surface area contributed by atoms with Gasteiger partial charge in [-0.1, -0.05) is 45.9 Å². The molecule has 1 N–H and O–H groups in total. The average Bonchev–Trinajstić information content (AvgIpc) is 2.52. The second-order valence-electron chi connectivity index (χ2n) is 3.86. The predicted octanol–water partition coefficient (Wildman–Crippen LogP) is 4.09. The highest BCUT2D eigenvalue weighted by molar-refractivity contribution is 8.76. The highest BCUT2D eigenvalue weighted by atomic mass is 33.1. The summed E-state index contributed by atoms with van der Waals surface area (Å²) in [5, 5.41) is 11.5. The Balaban J connectivity index is 2.23. The van der Waals surface area contributed by atoms with Gasteiger partial charge in [-0.05, 0) is 24.3 Å². The standard InChI is InChI=1S/C14H9NO4S2/c16-13(15-19)9-5-1-3-7-11(9)20-21-12-8-4-2-6-10(12)14(17)18/h1-8H,(H,17,18). The molecule has 0 aliphatic rings. The normalized spacial score (nSPS) is 10.1. The first-order chi connectivity index (χ1) is 10.1. The quantitative estimate of drug-likeness (QED) is 0.660. The molecule has 0 atom stereocenters. The van der Waals surface area contributed by atoms with E-state index in [1.165, 1.54) is 33.7 Å². The number of hydrogen-bond acceptors (Lipinski definition) is 5. The molecule has 106 valence electrons. The minimum Gasteiger partial charge on any atom is -0.478 e. The van der Waals surface area contributed by atoms with Crippen LogP contribution in [0.25, 0.3) is 0 Å². The summed E-state index contributed by atoms with van der Waals surface area (Å²) < 4.78 is 0. The van der Waals surface area contributed by atoms with Crippen LogP contribution in [0.3, 0.4) is 0 Å². The maximum Gasteiger partial charge on any atom is 0.336 e. The minimum absolute atomic E-state index is 0.187. The molecular weight excluding hydrogens is 310 g/mol. The van der Waals surface area contributed by atoms with E-state index in [0.717, 1.165) is 0 Å². The summed E-state index contributed by atoms with van der Waals surface area (Å²) in [6.45, 7) is 0. The van der Waals surface area contributed by atoms with Crippen LogP contribution in [0.4, 0.5) is 0 Å². The molecule has 0 aliphatic carbocycles. The molecule has 2 aromatic carbocycles. The molecule has 1 amide bonds. The minimum atomic E-state index is -1.02. The number of carbonyl (C=O) groups is 2. The maximum absolute atomic E-state index is 11.4. The van der Waals surface area contributed by atoms with Gasteiger partial charge in [0, 0.05) is 15.0 Å². The molecule has 0 saturated carbocycles. The fourth-order valence-electron chi connectivity index (χ4n) is 1.57.